The molecule has 0 aliphatic rings. The molecule has 0 fully saturated rings. The second-order valence-corrected chi connectivity index (χ2v) is 6.58. The Balaban J connectivity index is 0.00000364. The maximum absolute atomic E-state index is 10.4. The van der Waals surface area contributed by atoms with Gasteiger partial charge in [-0.25, -0.2) is 0 Å². The smallest absolute Gasteiger partial charge is 0.169 e. The summed E-state index contributed by atoms with van der Waals surface area (Å²) in [5, 5.41) is 10.4. The number of hydrogen-bond acceptors (Lipinski definition) is 4. The van der Waals surface area contributed by atoms with Crippen molar-refractivity contribution in [1.29, 1.82) is 0 Å². The van der Waals surface area contributed by atoms with Crippen LogP contribution in [0.15, 0.2) is 48.5 Å². The van der Waals surface area contributed by atoms with Crippen LogP contribution in [0.2, 0.25) is 0 Å². The van der Waals surface area contributed by atoms with E-state index in [0.717, 1.165) is 37.2 Å². The van der Waals surface area contributed by atoms with Crippen molar-refractivity contribution in [2.24, 2.45) is 0 Å². The molecule has 0 aromatic heterocycles. The first-order chi connectivity index (χ1) is 12.6. The third-order valence-corrected chi connectivity index (χ3v) is 4.14. The van der Waals surface area contributed by atoms with Gasteiger partial charge in [-0.15, -0.1) is 12.4 Å². The molecule has 0 spiro atoms. The minimum absolute atomic E-state index is 0. The number of rotatable bonds is 11. The molecule has 0 bridgehead atoms. The number of para-hydroxylation sites is 3. The van der Waals surface area contributed by atoms with Gasteiger partial charge in [0.1, 0.15) is 18.5 Å². The van der Waals surface area contributed by atoms with E-state index < -0.39 is 6.10 Å². The lowest BCUT2D eigenvalue weighted by Crippen LogP contribution is -2.36. The molecule has 0 aliphatic heterocycles. The molecule has 0 heterocycles. The van der Waals surface area contributed by atoms with Crippen molar-refractivity contribution in [1.82, 2.24) is 4.90 Å². The molecule has 150 valence electrons. The van der Waals surface area contributed by atoms with Gasteiger partial charge in [0.15, 0.2) is 11.5 Å². The highest BCUT2D eigenvalue weighted by atomic mass is 35.5. The van der Waals surface area contributed by atoms with E-state index in [-0.39, 0.29) is 19.0 Å². The number of aliphatic hydroxyl groups excluding tert-OH is 1. The molecule has 0 amide bonds. The van der Waals surface area contributed by atoms with Crippen molar-refractivity contribution < 1.29 is 14.6 Å². The van der Waals surface area contributed by atoms with Crippen LogP contribution in [0.5, 0.6) is 17.2 Å². The first-order valence-corrected chi connectivity index (χ1v) is 9.49. The highest BCUT2D eigenvalue weighted by Gasteiger charge is 2.13. The number of ether oxygens (including phenoxy) is 2. The number of halogens is 1. The van der Waals surface area contributed by atoms with E-state index in [2.05, 4.69) is 18.7 Å². The van der Waals surface area contributed by atoms with Crippen LogP contribution in [0.25, 0.3) is 0 Å². The van der Waals surface area contributed by atoms with E-state index in [4.69, 9.17) is 9.47 Å². The fourth-order valence-electron chi connectivity index (χ4n) is 2.91. The van der Waals surface area contributed by atoms with Crippen LogP contribution in [0.1, 0.15) is 32.3 Å². The van der Waals surface area contributed by atoms with Gasteiger partial charge in [0, 0.05) is 6.54 Å². The average Bonchev–Trinajstić information content (AvgIpc) is 2.63. The summed E-state index contributed by atoms with van der Waals surface area (Å²) in [5.41, 5.74) is 1.07. The Morgan fingerprint density at radius 1 is 0.889 bits per heavy atom. The number of aryl methyl sites for hydroxylation is 1. The highest BCUT2D eigenvalue weighted by Crippen LogP contribution is 2.32. The summed E-state index contributed by atoms with van der Waals surface area (Å²) in [6.07, 6.45) is 1.64. The summed E-state index contributed by atoms with van der Waals surface area (Å²) in [6, 6.07) is 15.5. The van der Waals surface area contributed by atoms with Crippen molar-refractivity contribution in [3.05, 3.63) is 54.1 Å². The fraction of sp³-hybridized carbons (Fsp3) is 0.455. The van der Waals surface area contributed by atoms with Gasteiger partial charge >= 0.3 is 0 Å². The summed E-state index contributed by atoms with van der Waals surface area (Å²) in [4.78, 5) is 2.28. The SMILES string of the molecule is CCCN(CCC)CC(O)COc1ccccc1Oc1ccccc1C.Cl. The Hall–Kier alpha value is -1.75. The van der Waals surface area contributed by atoms with Gasteiger partial charge < -0.3 is 19.5 Å². The summed E-state index contributed by atoms with van der Waals surface area (Å²) in [6.45, 7) is 9.20. The van der Waals surface area contributed by atoms with Gasteiger partial charge in [0.25, 0.3) is 0 Å². The monoisotopic (exact) mass is 393 g/mol. The lowest BCUT2D eigenvalue weighted by molar-refractivity contribution is 0.0673. The summed E-state index contributed by atoms with van der Waals surface area (Å²) in [7, 11) is 0. The molecule has 2 rings (SSSR count). The minimum Gasteiger partial charge on any atom is -0.487 e. The van der Waals surface area contributed by atoms with Gasteiger partial charge in [-0.1, -0.05) is 44.2 Å². The molecule has 27 heavy (non-hydrogen) atoms. The highest BCUT2D eigenvalue weighted by molar-refractivity contribution is 5.85. The summed E-state index contributed by atoms with van der Waals surface area (Å²) in [5.74, 6) is 2.11. The van der Waals surface area contributed by atoms with E-state index in [1.54, 1.807) is 0 Å². The Kier molecular flexibility index (Phi) is 10.9. The predicted octanol–water partition coefficient (Wildman–Crippen LogP) is 5.07. The van der Waals surface area contributed by atoms with Gasteiger partial charge in [-0.3, -0.25) is 0 Å². The molecule has 1 N–H and O–H groups in total. The molecular weight excluding hydrogens is 362 g/mol. The van der Waals surface area contributed by atoms with Gasteiger partial charge in [0.05, 0.1) is 0 Å². The van der Waals surface area contributed by atoms with E-state index >= 15 is 0 Å². The molecule has 2 aromatic carbocycles. The zero-order valence-electron chi connectivity index (χ0n) is 16.6. The molecule has 1 unspecified atom stereocenters. The van der Waals surface area contributed by atoms with E-state index in [0.29, 0.717) is 18.0 Å². The van der Waals surface area contributed by atoms with Gasteiger partial charge in [-0.2, -0.15) is 0 Å². The molecule has 0 radical (unpaired) electrons. The Morgan fingerprint density at radius 3 is 2.04 bits per heavy atom. The lowest BCUT2D eigenvalue weighted by atomic mass is 10.2. The third-order valence-electron chi connectivity index (χ3n) is 4.14. The van der Waals surface area contributed by atoms with Crippen LogP contribution in [0.4, 0.5) is 0 Å². The summed E-state index contributed by atoms with van der Waals surface area (Å²) >= 11 is 0. The van der Waals surface area contributed by atoms with Crippen LogP contribution in [0, 0.1) is 6.92 Å². The lowest BCUT2D eigenvalue weighted by Gasteiger charge is -2.24. The van der Waals surface area contributed by atoms with Crippen LogP contribution in [0.3, 0.4) is 0 Å². The van der Waals surface area contributed by atoms with Gasteiger partial charge in [0.2, 0.25) is 0 Å². The Morgan fingerprint density at radius 2 is 1.44 bits per heavy atom. The van der Waals surface area contributed by atoms with Crippen molar-refractivity contribution in [3.8, 4) is 17.2 Å². The molecule has 0 saturated heterocycles. The second-order valence-electron chi connectivity index (χ2n) is 6.58. The average molecular weight is 394 g/mol. The molecule has 5 heteroatoms. The van der Waals surface area contributed by atoms with Crippen LogP contribution in [-0.2, 0) is 0 Å². The zero-order chi connectivity index (χ0) is 18.8. The van der Waals surface area contributed by atoms with Crippen LogP contribution < -0.4 is 9.47 Å². The quantitative estimate of drug-likeness (QED) is 0.578. The van der Waals surface area contributed by atoms with E-state index in [9.17, 15) is 5.11 Å². The normalized spacial score (nSPS) is 11.7. The van der Waals surface area contributed by atoms with Crippen LogP contribution >= 0.6 is 12.4 Å². The first kappa shape index (κ1) is 23.3. The third kappa shape index (κ3) is 7.79. The molecule has 1 atom stereocenters. The molecule has 4 nitrogen and oxygen atoms in total. The van der Waals surface area contributed by atoms with Crippen molar-refractivity contribution in [3.63, 3.8) is 0 Å². The number of hydrogen-bond donors (Lipinski definition) is 1. The van der Waals surface area contributed by atoms with E-state index in [1.807, 2.05) is 55.5 Å². The maximum atomic E-state index is 10.4. The number of benzene rings is 2. The standard InChI is InChI=1S/C22H31NO3.ClH/c1-4-14-23(15-5-2)16-19(24)17-25-21-12-8-9-13-22(21)26-20-11-7-6-10-18(20)3;/h6-13,19,24H,4-5,14-17H2,1-3H3;1H. The predicted molar refractivity (Wildman–Crippen MR) is 113 cm³/mol. The first-order valence-electron chi connectivity index (χ1n) is 9.49. The van der Waals surface area contributed by atoms with E-state index in [1.165, 1.54) is 0 Å². The van der Waals surface area contributed by atoms with Crippen LogP contribution in [-0.4, -0.2) is 42.4 Å². The topological polar surface area (TPSA) is 41.9 Å². The molecule has 0 aliphatic carbocycles. The van der Waals surface area contributed by atoms with Crippen molar-refractivity contribution in [2.45, 2.75) is 39.7 Å². The number of nitrogens with zero attached hydrogens (tertiary/aromatic N) is 1. The van der Waals surface area contributed by atoms with Crippen molar-refractivity contribution in [2.75, 3.05) is 26.2 Å². The minimum atomic E-state index is -0.528. The molecular formula is C22H32ClNO3. The zero-order valence-corrected chi connectivity index (χ0v) is 17.4. The Labute approximate surface area is 169 Å². The number of aliphatic hydroxyl groups is 1. The second kappa shape index (κ2) is 12.6. The maximum Gasteiger partial charge on any atom is 0.169 e. The van der Waals surface area contributed by atoms with Gasteiger partial charge in [-0.05, 0) is 56.6 Å². The fourth-order valence-corrected chi connectivity index (χ4v) is 2.91. The molecule has 0 saturated carbocycles. The summed E-state index contributed by atoms with van der Waals surface area (Å²) < 4.78 is 11.9. The van der Waals surface area contributed by atoms with Crippen molar-refractivity contribution >= 4 is 12.4 Å². The molecule has 2 aromatic rings. The largest absolute Gasteiger partial charge is 0.487 e. The Bertz CT molecular complexity index is 660.